The average Bonchev–Trinajstić information content (AvgIpc) is 2.53. The van der Waals surface area contributed by atoms with Gasteiger partial charge in [-0.3, -0.25) is 4.79 Å². The Labute approximate surface area is 123 Å². The van der Waals surface area contributed by atoms with Crippen LogP contribution in [0.4, 0.5) is 5.69 Å². The smallest absolute Gasteiger partial charge is 0.249 e. The maximum atomic E-state index is 12.3. The third-order valence-corrected chi connectivity index (χ3v) is 3.46. The lowest BCUT2D eigenvalue weighted by molar-refractivity contribution is -0.118. The van der Waals surface area contributed by atoms with E-state index in [-0.39, 0.29) is 5.91 Å². The summed E-state index contributed by atoms with van der Waals surface area (Å²) in [6, 6.07) is 18.1. The van der Waals surface area contributed by atoms with Crippen LogP contribution in [0.5, 0.6) is 0 Å². The van der Waals surface area contributed by atoms with E-state index in [1.165, 1.54) is 4.90 Å². The zero-order chi connectivity index (χ0) is 14.5. The molecular weight excluding hydrogens is 272 g/mol. The second-order valence-corrected chi connectivity index (χ2v) is 4.77. The second kappa shape index (κ2) is 6.23. The molecule has 1 amide bonds. The molecule has 20 heavy (non-hydrogen) atoms. The number of carbonyl (C=O) groups excluding carboxylic acids is 1. The molecule has 0 bridgehead atoms. The summed E-state index contributed by atoms with van der Waals surface area (Å²) < 4.78 is 0. The highest BCUT2D eigenvalue weighted by molar-refractivity contribution is 6.32. The first-order chi connectivity index (χ1) is 9.63. The van der Waals surface area contributed by atoms with Gasteiger partial charge in [-0.15, -0.1) is 11.6 Å². The largest absolute Gasteiger partial charge is 0.314 e. The Morgan fingerprint density at radius 2 is 1.75 bits per heavy atom. The molecule has 2 rings (SSSR count). The quantitative estimate of drug-likeness (QED) is 0.810. The Hall–Kier alpha value is -2.31. The van der Waals surface area contributed by atoms with Gasteiger partial charge in [-0.2, -0.15) is 5.26 Å². The van der Waals surface area contributed by atoms with Crippen LogP contribution in [0.15, 0.2) is 54.6 Å². The number of benzene rings is 2. The van der Waals surface area contributed by atoms with E-state index < -0.39 is 5.38 Å². The summed E-state index contributed by atoms with van der Waals surface area (Å²) in [6.07, 6.45) is 0. The van der Waals surface area contributed by atoms with E-state index in [1.807, 2.05) is 36.4 Å². The molecule has 0 aliphatic rings. The van der Waals surface area contributed by atoms with Crippen LogP contribution >= 0.6 is 11.6 Å². The van der Waals surface area contributed by atoms with Crippen molar-refractivity contribution in [1.29, 1.82) is 5.26 Å². The van der Waals surface area contributed by atoms with Crippen LogP contribution in [0.3, 0.4) is 0 Å². The number of amides is 1. The van der Waals surface area contributed by atoms with Crippen LogP contribution in [0, 0.1) is 11.3 Å². The molecule has 0 aliphatic heterocycles. The average molecular weight is 285 g/mol. The number of carbonyl (C=O) groups is 1. The van der Waals surface area contributed by atoms with Gasteiger partial charge in [-0.25, -0.2) is 0 Å². The summed E-state index contributed by atoms with van der Waals surface area (Å²) in [5, 5.41) is 8.04. The van der Waals surface area contributed by atoms with Crippen LogP contribution < -0.4 is 4.90 Å². The summed E-state index contributed by atoms with van der Waals surface area (Å²) in [5.41, 5.74) is 2.02. The second-order valence-electron chi connectivity index (χ2n) is 4.33. The molecule has 1 atom stereocenters. The normalized spacial score (nSPS) is 11.4. The summed E-state index contributed by atoms with van der Waals surface area (Å²) in [7, 11) is 1.67. The van der Waals surface area contributed by atoms with Crippen LogP contribution in [-0.2, 0) is 4.79 Å². The molecule has 0 spiro atoms. The Kier molecular flexibility index (Phi) is 4.39. The van der Waals surface area contributed by atoms with Crippen molar-refractivity contribution in [3.05, 3.63) is 65.7 Å². The number of nitrogens with zero attached hydrogens (tertiary/aromatic N) is 2. The van der Waals surface area contributed by atoms with E-state index in [4.69, 9.17) is 16.9 Å². The molecule has 0 aliphatic carbocycles. The molecule has 0 radical (unpaired) electrons. The molecule has 0 saturated carbocycles. The van der Waals surface area contributed by atoms with Gasteiger partial charge < -0.3 is 4.90 Å². The lowest BCUT2D eigenvalue weighted by Crippen LogP contribution is -2.29. The maximum absolute atomic E-state index is 12.3. The molecule has 2 aromatic carbocycles. The molecule has 0 fully saturated rings. The van der Waals surface area contributed by atoms with E-state index in [2.05, 4.69) is 0 Å². The third-order valence-electron chi connectivity index (χ3n) is 3.02. The van der Waals surface area contributed by atoms with Crippen LogP contribution in [0.1, 0.15) is 16.5 Å². The van der Waals surface area contributed by atoms with E-state index >= 15 is 0 Å². The minimum Gasteiger partial charge on any atom is -0.314 e. The number of anilines is 1. The molecule has 4 heteroatoms. The Balaban J connectivity index is 2.18. The summed E-state index contributed by atoms with van der Waals surface area (Å²) in [4.78, 5) is 13.8. The van der Waals surface area contributed by atoms with E-state index in [9.17, 15) is 4.79 Å². The fourth-order valence-electron chi connectivity index (χ4n) is 1.82. The maximum Gasteiger partial charge on any atom is 0.249 e. The molecule has 0 heterocycles. The van der Waals surface area contributed by atoms with Crippen molar-refractivity contribution in [3.8, 4) is 6.07 Å². The van der Waals surface area contributed by atoms with E-state index in [0.717, 1.165) is 5.56 Å². The number of hydrogen-bond donors (Lipinski definition) is 0. The van der Waals surface area contributed by atoms with Gasteiger partial charge in [0, 0.05) is 12.7 Å². The fraction of sp³-hybridized carbons (Fsp3) is 0.125. The molecule has 3 nitrogen and oxygen atoms in total. The number of nitriles is 1. The summed E-state index contributed by atoms with van der Waals surface area (Å²) >= 11 is 6.22. The van der Waals surface area contributed by atoms with E-state index in [1.54, 1.807) is 31.3 Å². The molecule has 1 unspecified atom stereocenters. The first-order valence-electron chi connectivity index (χ1n) is 6.10. The van der Waals surface area contributed by atoms with Crippen LogP contribution in [-0.4, -0.2) is 13.0 Å². The Bertz CT molecular complexity index is 632. The lowest BCUT2D eigenvalue weighted by atomic mass is 10.1. The minimum atomic E-state index is -0.725. The molecule has 2 aromatic rings. The number of hydrogen-bond acceptors (Lipinski definition) is 2. The van der Waals surface area contributed by atoms with Gasteiger partial charge in [-0.05, 0) is 29.8 Å². The predicted octanol–water partition coefficient (Wildman–Crippen LogP) is 3.50. The number of alkyl halides is 1. The third kappa shape index (κ3) is 2.98. The van der Waals surface area contributed by atoms with Crippen molar-refractivity contribution in [3.63, 3.8) is 0 Å². The first-order valence-corrected chi connectivity index (χ1v) is 6.54. The first kappa shape index (κ1) is 14.1. The van der Waals surface area contributed by atoms with E-state index in [0.29, 0.717) is 11.3 Å². The highest BCUT2D eigenvalue weighted by Crippen LogP contribution is 2.25. The molecule has 0 saturated heterocycles. The SMILES string of the molecule is CN(C(=O)C(Cl)c1ccccc1)c1ccc(C#N)cc1. The standard InChI is InChI=1S/C16H13ClN2O/c1-19(14-9-7-12(11-18)8-10-14)16(20)15(17)13-5-3-2-4-6-13/h2-10,15H,1H3. The van der Waals surface area contributed by atoms with Crippen LogP contribution in [0.25, 0.3) is 0 Å². The zero-order valence-electron chi connectivity index (χ0n) is 11.0. The van der Waals surface area contributed by atoms with Gasteiger partial charge >= 0.3 is 0 Å². The molecule has 0 N–H and O–H groups in total. The highest BCUT2D eigenvalue weighted by Gasteiger charge is 2.22. The minimum absolute atomic E-state index is 0.206. The zero-order valence-corrected chi connectivity index (χ0v) is 11.7. The molecular formula is C16H13ClN2O. The molecule has 100 valence electrons. The number of likely N-dealkylation sites (N-methyl/N-ethyl adjacent to an activating group) is 1. The van der Waals surface area contributed by atoms with Crippen molar-refractivity contribution in [1.82, 2.24) is 0 Å². The van der Waals surface area contributed by atoms with Gasteiger partial charge in [0.25, 0.3) is 0 Å². The topological polar surface area (TPSA) is 44.1 Å². The predicted molar refractivity (Wildman–Crippen MR) is 79.6 cm³/mol. The monoisotopic (exact) mass is 284 g/mol. The lowest BCUT2D eigenvalue weighted by Gasteiger charge is -2.20. The van der Waals surface area contributed by atoms with Gasteiger partial charge in [-0.1, -0.05) is 30.3 Å². The highest BCUT2D eigenvalue weighted by atomic mass is 35.5. The van der Waals surface area contributed by atoms with Gasteiger partial charge in [0.15, 0.2) is 0 Å². The number of rotatable bonds is 3. The van der Waals surface area contributed by atoms with Gasteiger partial charge in [0.1, 0.15) is 5.38 Å². The van der Waals surface area contributed by atoms with Crippen LogP contribution in [0.2, 0.25) is 0 Å². The van der Waals surface area contributed by atoms with Crippen molar-refractivity contribution in [2.75, 3.05) is 11.9 Å². The fourth-order valence-corrected chi connectivity index (χ4v) is 2.11. The Morgan fingerprint density at radius 1 is 1.15 bits per heavy atom. The van der Waals surface area contributed by atoms with Crippen molar-refractivity contribution >= 4 is 23.2 Å². The van der Waals surface area contributed by atoms with Gasteiger partial charge in [0.2, 0.25) is 5.91 Å². The van der Waals surface area contributed by atoms with Crippen molar-refractivity contribution in [2.24, 2.45) is 0 Å². The number of halogens is 1. The Morgan fingerprint density at radius 3 is 2.30 bits per heavy atom. The molecule has 0 aromatic heterocycles. The summed E-state index contributed by atoms with van der Waals surface area (Å²) in [5.74, 6) is -0.206. The summed E-state index contributed by atoms with van der Waals surface area (Å²) in [6.45, 7) is 0. The van der Waals surface area contributed by atoms with Crippen molar-refractivity contribution in [2.45, 2.75) is 5.38 Å². The van der Waals surface area contributed by atoms with Crippen molar-refractivity contribution < 1.29 is 4.79 Å². The van der Waals surface area contributed by atoms with Gasteiger partial charge in [0.05, 0.1) is 11.6 Å².